The number of anilines is 2. The van der Waals surface area contributed by atoms with Crippen LogP contribution in [0, 0.1) is 0 Å². The maximum Gasteiger partial charge on any atom is 0.483 e. The molecule has 1 unspecified atom stereocenters. The zero-order valence-electron chi connectivity index (χ0n) is 9.48. The first-order chi connectivity index (χ1) is 8.57. The van der Waals surface area contributed by atoms with Crippen molar-refractivity contribution in [3.63, 3.8) is 0 Å². The summed E-state index contributed by atoms with van der Waals surface area (Å²) < 4.78 is 16.9. The number of nitrogen functional groups attached to an aromatic ring is 1. The lowest BCUT2D eigenvalue weighted by Crippen LogP contribution is -2.04. The van der Waals surface area contributed by atoms with Crippen molar-refractivity contribution in [3.8, 4) is 5.75 Å². The van der Waals surface area contributed by atoms with Crippen molar-refractivity contribution in [1.82, 2.24) is 0 Å². The Morgan fingerprint density at radius 3 is 2.33 bits per heavy atom. The molecule has 4 N–H and O–H groups in total. The van der Waals surface area contributed by atoms with Crippen LogP contribution in [0.15, 0.2) is 54.6 Å². The molecule has 0 radical (unpaired) electrons. The number of nitrogens with two attached hydrogens (primary N) is 1. The molecule has 2 aromatic carbocycles. The largest absolute Gasteiger partial charge is 0.483 e. The van der Waals surface area contributed by atoms with Crippen LogP contribution >= 0.6 is 7.75 Å². The van der Waals surface area contributed by atoms with Crippen LogP contribution in [0.1, 0.15) is 0 Å². The predicted octanol–water partition coefficient (Wildman–Crippen LogP) is 2.86. The predicted molar refractivity (Wildman–Crippen MR) is 71.4 cm³/mol. The second-order valence-electron chi connectivity index (χ2n) is 3.62. The molecule has 0 fully saturated rings. The van der Waals surface area contributed by atoms with Gasteiger partial charge in [0.05, 0.1) is 11.4 Å². The van der Waals surface area contributed by atoms with Gasteiger partial charge in [0.25, 0.3) is 0 Å². The van der Waals surface area contributed by atoms with Gasteiger partial charge >= 0.3 is 7.75 Å². The average molecular weight is 264 g/mol. The molecule has 0 aliphatic heterocycles. The lowest BCUT2D eigenvalue weighted by Gasteiger charge is -2.16. The van der Waals surface area contributed by atoms with Crippen LogP contribution in [0.2, 0.25) is 0 Å². The molecule has 0 aromatic heterocycles. The second kappa shape index (κ2) is 5.12. The molecule has 6 heteroatoms. The number of para-hydroxylation sites is 3. The number of hydrogen-bond acceptors (Lipinski definition) is 3. The van der Waals surface area contributed by atoms with Crippen molar-refractivity contribution < 1.29 is 14.0 Å². The summed E-state index contributed by atoms with van der Waals surface area (Å²) in [4.78, 5) is 9.71. The standard InChI is InChI=1S/C12H13N2O3P/c13-11-8-4-5-9-12(11)14-18(15,16)17-10-6-2-1-3-7-10/h1-9H,13H2,(H2,14,15,16). The van der Waals surface area contributed by atoms with Crippen LogP contribution in [0.5, 0.6) is 5.75 Å². The number of benzene rings is 2. The molecule has 0 bridgehead atoms. The first-order valence-electron chi connectivity index (χ1n) is 5.27. The number of nitrogens with one attached hydrogen (secondary N) is 1. The maximum atomic E-state index is 11.9. The minimum Gasteiger partial charge on any atom is -0.409 e. The third-order valence-corrected chi connectivity index (χ3v) is 3.18. The summed E-state index contributed by atoms with van der Waals surface area (Å²) in [5.41, 5.74) is 6.41. The minimum atomic E-state index is -3.99. The molecular formula is C12H13N2O3P. The molecule has 0 aliphatic rings. The first-order valence-corrected chi connectivity index (χ1v) is 6.85. The van der Waals surface area contributed by atoms with E-state index in [0.717, 1.165) is 0 Å². The van der Waals surface area contributed by atoms with E-state index in [-0.39, 0.29) is 0 Å². The molecule has 0 heterocycles. The van der Waals surface area contributed by atoms with Crippen LogP contribution in [0.4, 0.5) is 11.4 Å². The molecule has 2 aromatic rings. The number of hydrogen-bond donors (Lipinski definition) is 3. The summed E-state index contributed by atoms with van der Waals surface area (Å²) >= 11 is 0. The van der Waals surface area contributed by atoms with E-state index >= 15 is 0 Å². The highest BCUT2D eigenvalue weighted by Crippen LogP contribution is 2.43. The molecule has 5 nitrogen and oxygen atoms in total. The molecule has 0 aliphatic carbocycles. The Kier molecular flexibility index (Phi) is 3.55. The van der Waals surface area contributed by atoms with Crippen LogP contribution in [0.25, 0.3) is 0 Å². The van der Waals surface area contributed by atoms with Crippen LogP contribution < -0.4 is 15.3 Å². The third kappa shape index (κ3) is 3.26. The Morgan fingerprint density at radius 1 is 1.06 bits per heavy atom. The van der Waals surface area contributed by atoms with Gasteiger partial charge in [-0.3, -0.25) is 9.98 Å². The molecule has 0 spiro atoms. The van der Waals surface area contributed by atoms with Gasteiger partial charge in [-0.25, -0.2) is 4.57 Å². The van der Waals surface area contributed by atoms with E-state index in [1.807, 2.05) is 0 Å². The van der Waals surface area contributed by atoms with E-state index in [2.05, 4.69) is 5.09 Å². The van der Waals surface area contributed by atoms with Gasteiger partial charge in [-0.1, -0.05) is 30.3 Å². The van der Waals surface area contributed by atoms with E-state index in [9.17, 15) is 9.46 Å². The fraction of sp³-hybridized carbons (Fsp3) is 0. The van der Waals surface area contributed by atoms with Gasteiger partial charge in [-0.2, -0.15) is 0 Å². The van der Waals surface area contributed by atoms with E-state index in [0.29, 0.717) is 17.1 Å². The Hall–Kier alpha value is -1.97. The van der Waals surface area contributed by atoms with Gasteiger partial charge in [-0.05, 0) is 24.3 Å². The lowest BCUT2D eigenvalue weighted by atomic mass is 10.3. The van der Waals surface area contributed by atoms with Crippen molar-refractivity contribution in [3.05, 3.63) is 54.6 Å². The van der Waals surface area contributed by atoms with E-state index in [1.165, 1.54) is 0 Å². The van der Waals surface area contributed by atoms with E-state index in [4.69, 9.17) is 10.3 Å². The smallest absolute Gasteiger partial charge is 0.409 e. The summed E-state index contributed by atoms with van der Waals surface area (Å²) in [5, 5.41) is 2.40. The zero-order chi connectivity index (χ0) is 13.0. The molecule has 2 rings (SSSR count). The lowest BCUT2D eigenvalue weighted by molar-refractivity contribution is 0.387. The molecule has 0 saturated heterocycles. The summed E-state index contributed by atoms with van der Waals surface area (Å²) in [5.74, 6) is 0.310. The topological polar surface area (TPSA) is 84.6 Å². The van der Waals surface area contributed by atoms with Crippen LogP contribution in [-0.2, 0) is 4.57 Å². The van der Waals surface area contributed by atoms with Crippen molar-refractivity contribution >= 4 is 19.1 Å². The van der Waals surface area contributed by atoms with Crippen LogP contribution in [-0.4, -0.2) is 4.89 Å². The molecule has 18 heavy (non-hydrogen) atoms. The van der Waals surface area contributed by atoms with Gasteiger partial charge in [-0.15, -0.1) is 0 Å². The summed E-state index contributed by atoms with van der Waals surface area (Å²) in [6.07, 6.45) is 0. The molecular weight excluding hydrogens is 251 g/mol. The van der Waals surface area contributed by atoms with E-state index < -0.39 is 7.75 Å². The van der Waals surface area contributed by atoms with Gasteiger partial charge in [0.2, 0.25) is 0 Å². The van der Waals surface area contributed by atoms with Crippen LogP contribution in [0.3, 0.4) is 0 Å². The Labute approximate surface area is 105 Å². The van der Waals surface area contributed by atoms with Gasteiger partial charge in [0.1, 0.15) is 5.75 Å². The van der Waals surface area contributed by atoms with Crippen molar-refractivity contribution in [2.75, 3.05) is 10.8 Å². The van der Waals surface area contributed by atoms with Crippen molar-refractivity contribution in [2.45, 2.75) is 0 Å². The third-order valence-electron chi connectivity index (χ3n) is 2.19. The van der Waals surface area contributed by atoms with E-state index in [1.54, 1.807) is 54.6 Å². The summed E-state index contributed by atoms with van der Waals surface area (Å²) in [7, 11) is -3.99. The molecule has 94 valence electrons. The summed E-state index contributed by atoms with van der Waals surface area (Å²) in [6, 6.07) is 15.1. The highest BCUT2D eigenvalue weighted by atomic mass is 31.2. The fourth-order valence-electron chi connectivity index (χ4n) is 1.40. The quantitative estimate of drug-likeness (QED) is 0.584. The molecule has 0 amide bonds. The SMILES string of the molecule is Nc1ccccc1NP(=O)(O)Oc1ccccc1. The Morgan fingerprint density at radius 2 is 1.67 bits per heavy atom. The average Bonchev–Trinajstić information content (AvgIpc) is 2.32. The Bertz CT molecular complexity index is 575. The monoisotopic (exact) mass is 264 g/mol. The van der Waals surface area contributed by atoms with Crippen molar-refractivity contribution in [2.24, 2.45) is 0 Å². The molecule has 0 saturated carbocycles. The minimum absolute atomic E-state index is 0.310. The number of rotatable bonds is 4. The molecule has 1 atom stereocenters. The fourth-order valence-corrected chi connectivity index (χ4v) is 2.36. The second-order valence-corrected chi connectivity index (χ2v) is 5.07. The van der Waals surface area contributed by atoms with Gasteiger partial charge < -0.3 is 10.3 Å². The first kappa shape index (κ1) is 12.5. The zero-order valence-corrected chi connectivity index (χ0v) is 10.4. The summed E-state index contributed by atoms with van der Waals surface area (Å²) in [6.45, 7) is 0. The highest BCUT2D eigenvalue weighted by molar-refractivity contribution is 7.54. The van der Waals surface area contributed by atoms with Gasteiger partial charge in [0, 0.05) is 0 Å². The van der Waals surface area contributed by atoms with Crippen molar-refractivity contribution in [1.29, 1.82) is 0 Å². The normalized spacial score (nSPS) is 13.6. The Balaban J connectivity index is 2.13. The highest BCUT2D eigenvalue weighted by Gasteiger charge is 2.21. The maximum absolute atomic E-state index is 11.9. The van der Waals surface area contributed by atoms with Gasteiger partial charge in [0.15, 0.2) is 0 Å².